The second-order valence-electron chi connectivity index (χ2n) is 7.45. The number of benzene rings is 1. The van der Waals surface area contributed by atoms with E-state index in [0.717, 1.165) is 38.4 Å². The molecule has 2 N–H and O–H groups in total. The second kappa shape index (κ2) is 11.4. The van der Waals surface area contributed by atoms with Crippen molar-refractivity contribution in [2.45, 2.75) is 19.4 Å². The molecule has 0 unspecified atom stereocenters. The molecule has 2 aromatic rings. The minimum absolute atomic E-state index is 0.0815. The minimum atomic E-state index is -0.195. The number of aromatic nitrogens is 2. The molecule has 1 saturated heterocycles. The zero-order valence-electron chi connectivity index (χ0n) is 17.4. The summed E-state index contributed by atoms with van der Waals surface area (Å²) >= 11 is 0. The summed E-state index contributed by atoms with van der Waals surface area (Å²) in [6.07, 6.45) is 4.75. The fraction of sp³-hybridized carbons (Fsp3) is 0.455. The van der Waals surface area contributed by atoms with Crippen LogP contribution in [0.3, 0.4) is 0 Å². The van der Waals surface area contributed by atoms with Gasteiger partial charge in [-0.05, 0) is 12.5 Å². The molecule has 30 heavy (non-hydrogen) atoms. The highest BCUT2D eigenvalue weighted by Gasteiger charge is 2.22. The van der Waals surface area contributed by atoms with E-state index in [9.17, 15) is 9.59 Å². The second-order valence-corrected chi connectivity index (χ2v) is 7.45. The first-order valence-electron chi connectivity index (χ1n) is 10.4. The lowest BCUT2D eigenvalue weighted by atomic mass is 10.1. The van der Waals surface area contributed by atoms with Gasteiger partial charge in [-0.2, -0.15) is 0 Å². The van der Waals surface area contributed by atoms with Crippen LogP contribution in [0.15, 0.2) is 48.9 Å². The van der Waals surface area contributed by atoms with E-state index >= 15 is 0 Å². The summed E-state index contributed by atoms with van der Waals surface area (Å²) < 4.78 is 5.40. The normalized spacial score (nSPS) is 15.4. The van der Waals surface area contributed by atoms with Gasteiger partial charge in [-0.15, -0.1) is 0 Å². The fourth-order valence-corrected chi connectivity index (χ4v) is 3.46. The van der Waals surface area contributed by atoms with E-state index in [0.29, 0.717) is 18.8 Å². The van der Waals surface area contributed by atoms with Crippen LogP contribution in [0.5, 0.6) is 0 Å². The molecule has 0 aliphatic carbocycles. The molecule has 1 aromatic carbocycles. The van der Waals surface area contributed by atoms with E-state index in [-0.39, 0.29) is 24.3 Å². The molecule has 0 radical (unpaired) electrons. The van der Waals surface area contributed by atoms with Gasteiger partial charge >= 0.3 is 0 Å². The van der Waals surface area contributed by atoms with Gasteiger partial charge in [0, 0.05) is 25.4 Å². The van der Waals surface area contributed by atoms with Gasteiger partial charge in [0.2, 0.25) is 5.91 Å². The van der Waals surface area contributed by atoms with Crippen molar-refractivity contribution >= 4 is 11.8 Å². The molecule has 0 bridgehead atoms. The Morgan fingerprint density at radius 3 is 2.63 bits per heavy atom. The van der Waals surface area contributed by atoms with Crippen molar-refractivity contribution in [1.29, 1.82) is 0 Å². The van der Waals surface area contributed by atoms with E-state index in [4.69, 9.17) is 4.74 Å². The summed E-state index contributed by atoms with van der Waals surface area (Å²) in [5.74, 6) is -0.276. The standard InChI is InChI=1S/C22H29N5O3/c1-18(19-5-3-2-4-6-19)25-21(28)7-10-27(12-11-26-13-15-30-16-14-26)22(29)20-17-23-8-9-24-20/h2-6,8-9,17-18H,7,10-16H2,1H3,(H,25,28)/p+1/t18-/m0/s1. The molecule has 2 amide bonds. The van der Waals surface area contributed by atoms with Gasteiger partial charge in [-0.3, -0.25) is 14.6 Å². The number of amides is 2. The van der Waals surface area contributed by atoms with E-state index < -0.39 is 0 Å². The topological polar surface area (TPSA) is 88.9 Å². The van der Waals surface area contributed by atoms with Gasteiger partial charge in [0.1, 0.15) is 18.8 Å². The summed E-state index contributed by atoms with van der Waals surface area (Å²) in [6.45, 7) is 7.03. The number of hydrogen-bond donors (Lipinski definition) is 2. The van der Waals surface area contributed by atoms with Crippen LogP contribution in [-0.2, 0) is 9.53 Å². The molecule has 1 fully saturated rings. The SMILES string of the molecule is C[C@H](NC(=O)CCN(CC[NH+]1CCOCC1)C(=O)c1cnccn1)c1ccccc1. The molecular formula is C22H30N5O3+. The predicted octanol–water partition coefficient (Wildman–Crippen LogP) is 0.101. The number of morpholine rings is 1. The Kier molecular flexibility index (Phi) is 8.29. The first kappa shape index (κ1) is 21.9. The Balaban J connectivity index is 1.56. The number of quaternary nitrogens is 1. The number of carbonyl (C=O) groups excluding carboxylic acids is 2. The van der Waals surface area contributed by atoms with Crippen molar-refractivity contribution < 1.29 is 19.2 Å². The van der Waals surface area contributed by atoms with Crippen LogP contribution in [0.25, 0.3) is 0 Å². The first-order valence-corrected chi connectivity index (χ1v) is 10.4. The van der Waals surface area contributed by atoms with Crippen LogP contribution in [0, 0.1) is 0 Å². The van der Waals surface area contributed by atoms with Crippen molar-refractivity contribution in [2.24, 2.45) is 0 Å². The third-order valence-electron chi connectivity index (χ3n) is 5.29. The van der Waals surface area contributed by atoms with Crippen molar-refractivity contribution in [2.75, 3.05) is 45.9 Å². The number of hydrogen-bond acceptors (Lipinski definition) is 5. The molecule has 0 saturated carbocycles. The van der Waals surface area contributed by atoms with Gasteiger partial charge in [0.15, 0.2) is 0 Å². The third kappa shape index (κ3) is 6.60. The van der Waals surface area contributed by atoms with Crippen LogP contribution >= 0.6 is 0 Å². The molecule has 3 rings (SSSR count). The molecule has 1 aliphatic rings. The molecular weight excluding hydrogens is 382 g/mol. The van der Waals surface area contributed by atoms with E-state index in [1.165, 1.54) is 23.5 Å². The Hall–Kier alpha value is -2.84. The van der Waals surface area contributed by atoms with Crippen molar-refractivity contribution in [3.05, 3.63) is 60.2 Å². The smallest absolute Gasteiger partial charge is 0.274 e. The molecule has 8 nitrogen and oxygen atoms in total. The van der Waals surface area contributed by atoms with Gasteiger partial charge in [-0.1, -0.05) is 30.3 Å². The van der Waals surface area contributed by atoms with Crippen LogP contribution in [0.1, 0.15) is 35.4 Å². The van der Waals surface area contributed by atoms with E-state index in [1.807, 2.05) is 37.3 Å². The van der Waals surface area contributed by atoms with E-state index in [2.05, 4.69) is 15.3 Å². The van der Waals surface area contributed by atoms with Gasteiger partial charge < -0.3 is 19.9 Å². The van der Waals surface area contributed by atoms with Crippen molar-refractivity contribution in [3.8, 4) is 0 Å². The quantitative estimate of drug-likeness (QED) is 0.610. The molecule has 1 atom stereocenters. The van der Waals surface area contributed by atoms with Crippen molar-refractivity contribution in [3.63, 3.8) is 0 Å². The maximum atomic E-state index is 12.9. The average molecular weight is 413 g/mol. The highest BCUT2D eigenvalue weighted by molar-refractivity contribution is 5.92. The number of nitrogens with zero attached hydrogens (tertiary/aromatic N) is 3. The largest absolute Gasteiger partial charge is 0.370 e. The van der Waals surface area contributed by atoms with Gasteiger partial charge in [0.05, 0.1) is 38.5 Å². The molecule has 1 aliphatic heterocycles. The van der Waals surface area contributed by atoms with Gasteiger partial charge in [0.25, 0.3) is 5.91 Å². The van der Waals surface area contributed by atoms with Crippen molar-refractivity contribution in [1.82, 2.24) is 20.2 Å². The summed E-state index contributed by atoms with van der Waals surface area (Å²) in [6, 6.07) is 9.74. The maximum absolute atomic E-state index is 12.9. The Bertz CT molecular complexity index is 797. The zero-order chi connectivity index (χ0) is 21.2. The monoisotopic (exact) mass is 412 g/mol. The minimum Gasteiger partial charge on any atom is -0.370 e. The molecule has 2 heterocycles. The van der Waals surface area contributed by atoms with Crippen LogP contribution in [0.2, 0.25) is 0 Å². The molecule has 1 aromatic heterocycles. The summed E-state index contributed by atoms with van der Waals surface area (Å²) in [5.41, 5.74) is 1.35. The average Bonchev–Trinajstić information content (AvgIpc) is 2.80. The fourth-order valence-electron chi connectivity index (χ4n) is 3.46. The lowest BCUT2D eigenvalue weighted by Crippen LogP contribution is -3.14. The van der Waals surface area contributed by atoms with Crippen LogP contribution < -0.4 is 10.2 Å². The van der Waals surface area contributed by atoms with Crippen LogP contribution in [-0.4, -0.2) is 72.6 Å². The number of ether oxygens (including phenoxy) is 1. The summed E-state index contributed by atoms with van der Waals surface area (Å²) in [4.78, 5) is 36.7. The highest BCUT2D eigenvalue weighted by atomic mass is 16.5. The number of nitrogens with one attached hydrogen (secondary N) is 2. The first-order chi connectivity index (χ1) is 14.6. The third-order valence-corrected chi connectivity index (χ3v) is 5.29. The molecule has 160 valence electrons. The maximum Gasteiger partial charge on any atom is 0.274 e. The number of carbonyl (C=O) groups is 2. The van der Waals surface area contributed by atoms with E-state index in [1.54, 1.807) is 4.90 Å². The Morgan fingerprint density at radius 1 is 1.17 bits per heavy atom. The summed E-state index contributed by atoms with van der Waals surface area (Å²) in [7, 11) is 0. The molecule has 8 heteroatoms. The lowest BCUT2D eigenvalue weighted by molar-refractivity contribution is -0.907. The van der Waals surface area contributed by atoms with Gasteiger partial charge in [-0.25, -0.2) is 4.98 Å². The Morgan fingerprint density at radius 2 is 1.93 bits per heavy atom. The highest BCUT2D eigenvalue weighted by Crippen LogP contribution is 2.11. The van der Waals surface area contributed by atoms with Crippen LogP contribution in [0.4, 0.5) is 0 Å². The molecule has 0 spiro atoms. The lowest BCUT2D eigenvalue weighted by Gasteiger charge is -2.28. The summed E-state index contributed by atoms with van der Waals surface area (Å²) in [5, 5.41) is 3.01. The predicted molar refractivity (Wildman–Crippen MR) is 112 cm³/mol. The Labute approximate surface area is 177 Å². The number of rotatable bonds is 9. The zero-order valence-corrected chi connectivity index (χ0v) is 17.4.